The molecule has 1 fully saturated rings. The average molecular weight is 524 g/mol. The molecule has 2 N–H and O–H groups in total. The van der Waals surface area contributed by atoms with Crippen molar-refractivity contribution < 1.29 is 45.1 Å². The lowest BCUT2D eigenvalue weighted by Crippen LogP contribution is -2.41. The second-order valence-corrected chi connectivity index (χ2v) is 11.3. The molecule has 1 saturated heterocycles. The van der Waals surface area contributed by atoms with Gasteiger partial charge in [0.25, 0.3) is 0 Å². The second kappa shape index (κ2) is 11.2. The molecule has 0 aromatic rings. The molecule has 35 heavy (non-hydrogen) atoms. The summed E-state index contributed by atoms with van der Waals surface area (Å²) in [5.41, 5.74) is -4.78. The van der Waals surface area contributed by atoms with Gasteiger partial charge in [-0.05, 0) is 72.4 Å². The molecule has 0 aromatic heterocycles. The fraction of sp³-hybridized carbons (Fsp3) is 0.789. The highest BCUT2D eigenvalue weighted by Gasteiger charge is 2.52. The molecule has 0 aromatic carbocycles. The Balaban J connectivity index is 0.000000247. The Bertz CT molecular complexity index is 896. The maximum Gasteiger partial charge on any atom is 0.534 e. The van der Waals surface area contributed by atoms with Crippen LogP contribution in [-0.4, -0.2) is 92.2 Å². The second-order valence-electron chi connectivity index (χ2n) is 9.77. The quantitative estimate of drug-likeness (QED) is 0.317. The van der Waals surface area contributed by atoms with Crippen molar-refractivity contribution in [1.82, 2.24) is 9.62 Å². The van der Waals surface area contributed by atoms with Crippen LogP contribution in [0.15, 0.2) is 23.4 Å². The van der Waals surface area contributed by atoms with Crippen LogP contribution < -0.4 is 0 Å². The van der Waals surface area contributed by atoms with Crippen molar-refractivity contribution in [2.75, 3.05) is 26.2 Å². The molecule has 3 heterocycles. The average Bonchev–Trinajstić information content (AvgIpc) is 2.95. The van der Waals surface area contributed by atoms with E-state index in [-0.39, 0.29) is 50.6 Å². The van der Waals surface area contributed by atoms with Crippen molar-refractivity contribution in [1.29, 1.82) is 0 Å². The van der Waals surface area contributed by atoms with E-state index in [9.17, 15) is 31.6 Å². The van der Waals surface area contributed by atoms with Crippen LogP contribution in [-0.2, 0) is 23.6 Å². The van der Waals surface area contributed by atoms with Crippen LogP contribution >= 0.6 is 0 Å². The van der Waals surface area contributed by atoms with Crippen LogP contribution in [0.1, 0.15) is 40.5 Å². The summed E-state index contributed by atoms with van der Waals surface area (Å²) in [4.78, 5) is 3.57. The van der Waals surface area contributed by atoms with Gasteiger partial charge in [-0.15, -0.1) is 0 Å². The minimum atomic E-state index is -5.58. The van der Waals surface area contributed by atoms with Crippen molar-refractivity contribution in [3.63, 3.8) is 0 Å². The maximum atomic E-state index is 12.0. The Morgan fingerprint density at radius 3 is 1.77 bits per heavy atom. The van der Waals surface area contributed by atoms with Crippen molar-refractivity contribution in [3.05, 3.63) is 23.4 Å². The van der Waals surface area contributed by atoms with Gasteiger partial charge in [0.05, 0.1) is 11.2 Å². The van der Waals surface area contributed by atoms with E-state index in [4.69, 9.17) is 9.31 Å². The largest absolute Gasteiger partial charge is 0.534 e. The molecule has 3 aliphatic heterocycles. The fourth-order valence-electron chi connectivity index (χ4n) is 3.52. The summed E-state index contributed by atoms with van der Waals surface area (Å²) < 4.78 is 73.4. The zero-order valence-corrected chi connectivity index (χ0v) is 21.8. The number of hydrogen-bond donors (Lipinski definition) is 2. The van der Waals surface area contributed by atoms with E-state index in [1.807, 2.05) is 4.81 Å². The molecule has 0 bridgehead atoms. The van der Waals surface area contributed by atoms with E-state index >= 15 is 0 Å². The minimum Gasteiger partial charge on any atom is -0.437 e. The lowest BCUT2D eigenvalue weighted by molar-refractivity contribution is -0.0524. The van der Waals surface area contributed by atoms with Gasteiger partial charge >= 0.3 is 36.8 Å². The lowest BCUT2D eigenvalue weighted by Gasteiger charge is -2.32. The molecule has 198 valence electrons. The highest BCUT2D eigenvalue weighted by molar-refractivity contribution is 7.87. The SMILES string of the molecule is CB(O)N1CC=C(B2OC(C)(C)C(C)(C)O2)CC1.CB(O)N1CC=C(OS(=O)(=O)C(F)(F)F)CC1. The van der Waals surface area contributed by atoms with Gasteiger partial charge in [-0.2, -0.15) is 21.6 Å². The summed E-state index contributed by atoms with van der Waals surface area (Å²) in [5, 5.41) is 18.7. The molecule has 0 saturated carbocycles. The first kappa shape index (κ1) is 30.2. The molecular formula is C19H34B3F3N2O7S. The van der Waals surface area contributed by atoms with E-state index < -0.39 is 22.7 Å². The van der Waals surface area contributed by atoms with E-state index in [1.54, 1.807) is 11.6 Å². The van der Waals surface area contributed by atoms with Gasteiger partial charge in [0, 0.05) is 19.5 Å². The topological polar surface area (TPSA) is 109 Å². The van der Waals surface area contributed by atoms with Gasteiger partial charge in [-0.1, -0.05) is 6.08 Å². The smallest absolute Gasteiger partial charge is 0.437 e. The van der Waals surface area contributed by atoms with Crippen molar-refractivity contribution in [2.24, 2.45) is 0 Å². The number of nitrogens with zero attached hydrogens (tertiary/aromatic N) is 2. The number of hydrogen-bond acceptors (Lipinski definition) is 9. The van der Waals surface area contributed by atoms with Crippen molar-refractivity contribution >= 4 is 31.3 Å². The van der Waals surface area contributed by atoms with Crippen LogP contribution in [0.3, 0.4) is 0 Å². The van der Waals surface area contributed by atoms with Gasteiger partial charge in [0.2, 0.25) is 0 Å². The molecule has 3 aliphatic rings. The third kappa shape index (κ3) is 7.73. The van der Waals surface area contributed by atoms with Crippen LogP contribution in [0.2, 0.25) is 13.6 Å². The van der Waals surface area contributed by atoms with Crippen LogP contribution in [0, 0.1) is 0 Å². The van der Waals surface area contributed by atoms with Crippen molar-refractivity contribution in [3.8, 4) is 0 Å². The standard InChI is InChI=1S/C12H23B2NO3.C7H11BF3NO4S/c1-11(2)12(3,4)18-14(17-11)10-6-8-15(9-7-10)13(5)16;1-8(13)12-4-2-6(3-5-12)16-17(14,15)7(9,10)11/h6,16H,7-9H2,1-5H3;2,13H,3-5H2,1H3. The zero-order valence-electron chi connectivity index (χ0n) is 21.0. The monoisotopic (exact) mass is 524 g/mol. The van der Waals surface area contributed by atoms with Crippen LogP contribution in [0.25, 0.3) is 0 Å². The Labute approximate surface area is 206 Å². The van der Waals surface area contributed by atoms with Crippen LogP contribution in [0.4, 0.5) is 13.2 Å². The number of halogens is 3. The third-order valence-electron chi connectivity index (χ3n) is 6.59. The summed E-state index contributed by atoms with van der Waals surface area (Å²) in [7, 11) is -6.95. The highest BCUT2D eigenvalue weighted by atomic mass is 32.2. The molecule has 16 heteroatoms. The molecule has 0 radical (unpaired) electrons. The first-order valence-electron chi connectivity index (χ1n) is 11.4. The van der Waals surface area contributed by atoms with E-state index in [0.29, 0.717) is 0 Å². The Morgan fingerprint density at radius 2 is 1.43 bits per heavy atom. The first-order valence-corrected chi connectivity index (χ1v) is 12.9. The zero-order chi connectivity index (χ0) is 26.8. The number of rotatable bonds is 5. The molecule has 0 aliphatic carbocycles. The fourth-order valence-corrected chi connectivity index (χ4v) is 4.05. The van der Waals surface area contributed by atoms with Gasteiger partial charge in [0.1, 0.15) is 5.76 Å². The molecule has 9 nitrogen and oxygen atoms in total. The highest BCUT2D eigenvalue weighted by Crippen LogP contribution is 2.39. The normalized spacial score (nSPS) is 23.1. The molecular weight excluding hydrogens is 490 g/mol. The van der Waals surface area contributed by atoms with E-state index in [0.717, 1.165) is 19.5 Å². The molecule has 0 amide bonds. The Morgan fingerprint density at radius 1 is 0.971 bits per heavy atom. The van der Waals surface area contributed by atoms with Gasteiger partial charge in [-0.25, -0.2) is 0 Å². The predicted molar refractivity (Wildman–Crippen MR) is 128 cm³/mol. The summed E-state index contributed by atoms with van der Waals surface area (Å²) in [5.74, 6) is -0.251. The number of alkyl halides is 3. The Hall–Kier alpha value is -1.03. The maximum absolute atomic E-state index is 12.0. The first-order chi connectivity index (χ1) is 15.9. The van der Waals surface area contributed by atoms with E-state index in [1.165, 1.54) is 18.4 Å². The van der Waals surface area contributed by atoms with Gasteiger partial charge in [-0.3, -0.25) is 0 Å². The Kier molecular flexibility index (Phi) is 9.63. The third-order valence-corrected chi connectivity index (χ3v) is 7.59. The lowest BCUT2D eigenvalue weighted by atomic mass is 9.72. The predicted octanol–water partition coefficient (Wildman–Crippen LogP) is 1.91. The molecule has 3 rings (SSSR count). The van der Waals surface area contributed by atoms with Gasteiger partial charge in [0.15, 0.2) is 0 Å². The van der Waals surface area contributed by atoms with E-state index in [2.05, 4.69) is 38.0 Å². The summed E-state index contributed by atoms with van der Waals surface area (Å²) in [6, 6.07) is 0. The van der Waals surface area contributed by atoms with Gasteiger partial charge < -0.3 is 33.2 Å². The summed E-state index contributed by atoms with van der Waals surface area (Å²) >= 11 is 0. The summed E-state index contributed by atoms with van der Waals surface area (Å²) in [6.45, 7) is 13.6. The summed E-state index contributed by atoms with van der Waals surface area (Å²) in [6.07, 6.45) is 4.22. The van der Waals surface area contributed by atoms with Crippen LogP contribution in [0.5, 0.6) is 0 Å². The van der Waals surface area contributed by atoms with Crippen molar-refractivity contribution in [2.45, 2.75) is 70.9 Å². The molecule has 0 atom stereocenters. The molecule has 0 spiro atoms. The minimum absolute atomic E-state index is 0.000208. The molecule has 0 unspecified atom stereocenters.